The Morgan fingerprint density at radius 1 is 1.26 bits per heavy atom. The number of nitrogens with zero attached hydrogens (tertiary/aromatic N) is 1. The molecule has 96 valence electrons. The van der Waals surface area contributed by atoms with Crippen LogP contribution < -0.4 is 10.1 Å². The first kappa shape index (κ1) is 13.3. The summed E-state index contributed by atoms with van der Waals surface area (Å²) in [6, 6.07) is 15.1. The molecule has 0 radical (unpaired) electrons. The Morgan fingerprint density at radius 2 is 2.05 bits per heavy atom. The van der Waals surface area contributed by atoms with Gasteiger partial charge in [0.1, 0.15) is 11.8 Å². The van der Waals surface area contributed by atoms with Gasteiger partial charge in [-0.15, -0.1) is 0 Å². The maximum absolute atomic E-state index is 9.11. The van der Waals surface area contributed by atoms with E-state index in [0.717, 1.165) is 5.56 Å². The van der Waals surface area contributed by atoms with Crippen LogP contribution in [0.15, 0.2) is 42.5 Å². The van der Waals surface area contributed by atoms with Gasteiger partial charge in [-0.25, -0.2) is 0 Å². The summed E-state index contributed by atoms with van der Waals surface area (Å²) in [7, 11) is 1.58. The summed E-state index contributed by atoms with van der Waals surface area (Å²) in [5.74, 6) is 0.654. The predicted molar refractivity (Wildman–Crippen MR) is 76.5 cm³/mol. The Bertz CT molecular complexity index is 620. The fourth-order valence-corrected chi connectivity index (χ4v) is 2.03. The van der Waals surface area contributed by atoms with Crippen LogP contribution in [0.5, 0.6) is 5.75 Å². The van der Waals surface area contributed by atoms with Gasteiger partial charge in [-0.3, -0.25) is 0 Å². The molecule has 0 aliphatic heterocycles. The number of rotatable bonds is 4. The van der Waals surface area contributed by atoms with Crippen LogP contribution >= 0.6 is 11.6 Å². The van der Waals surface area contributed by atoms with Crippen LogP contribution in [0.3, 0.4) is 0 Å². The number of anilines is 1. The zero-order valence-corrected chi connectivity index (χ0v) is 11.2. The van der Waals surface area contributed by atoms with Crippen LogP contribution in [-0.2, 0) is 6.54 Å². The molecule has 1 N–H and O–H groups in total. The number of hydrogen-bond donors (Lipinski definition) is 1. The molecule has 2 aromatic carbocycles. The second-order valence-electron chi connectivity index (χ2n) is 3.98. The summed E-state index contributed by atoms with van der Waals surface area (Å²) in [6.07, 6.45) is 0. The van der Waals surface area contributed by atoms with E-state index in [1.807, 2.05) is 30.3 Å². The molecule has 0 spiro atoms. The third-order valence-corrected chi connectivity index (χ3v) is 2.96. The van der Waals surface area contributed by atoms with Crippen molar-refractivity contribution in [1.29, 1.82) is 5.26 Å². The summed E-state index contributed by atoms with van der Waals surface area (Å²) >= 11 is 5.94. The van der Waals surface area contributed by atoms with Gasteiger partial charge in [0, 0.05) is 11.6 Å². The second-order valence-corrected chi connectivity index (χ2v) is 4.41. The number of para-hydroxylation sites is 1. The quantitative estimate of drug-likeness (QED) is 0.920. The molecule has 4 heteroatoms. The molecule has 2 rings (SSSR count). The molecule has 0 heterocycles. The molecule has 0 atom stereocenters. The van der Waals surface area contributed by atoms with Crippen molar-refractivity contribution in [2.75, 3.05) is 12.4 Å². The Morgan fingerprint density at radius 3 is 2.74 bits per heavy atom. The first-order chi connectivity index (χ1) is 9.24. The lowest BCUT2D eigenvalue weighted by molar-refractivity contribution is 0.416. The van der Waals surface area contributed by atoms with Crippen LogP contribution in [-0.4, -0.2) is 7.11 Å². The number of halogens is 1. The highest BCUT2D eigenvalue weighted by atomic mass is 35.5. The van der Waals surface area contributed by atoms with Gasteiger partial charge in [-0.05, 0) is 29.8 Å². The fourth-order valence-electron chi connectivity index (χ4n) is 1.81. The summed E-state index contributed by atoms with van der Waals surface area (Å²) < 4.78 is 5.26. The highest BCUT2D eigenvalue weighted by Crippen LogP contribution is 2.28. The highest BCUT2D eigenvalue weighted by molar-refractivity contribution is 6.30. The minimum atomic E-state index is 0.557. The second kappa shape index (κ2) is 6.12. The van der Waals surface area contributed by atoms with Crippen molar-refractivity contribution in [3.63, 3.8) is 0 Å². The third kappa shape index (κ3) is 3.18. The van der Waals surface area contributed by atoms with Crippen molar-refractivity contribution in [3.8, 4) is 11.8 Å². The minimum Gasteiger partial charge on any atom is -0.495 e. The largest absolute Gasteiger partial charge is 0.495 e. The number of nitriles is 1. The molecule has 2 aromatic rings. The van der Waals surface area contributed by atoms with E-state index in [1.165, 1.54) is 0 Å². The number of nitrogens with one attached hydrogen (secondary N) is 1. The highest BCUT2D eigenvalue weighted by Gasteiger charge is 2.08. The Hall–Kier alpha value is -2.18. The van der Waals surface area contributed by atoms with E-state index in [-0.39, 0.29) is 0 Å². The SMILES string of the molecule is COc1cccc(C#N)c1NCc1cccc(Cl)c1. The van der Waals surface area contributed by atoms with Crippen LogP contribution in [0, 0.1) is 11.3 Å². The predicted octanol–water partition coefficient (Wildman–Crippen LogP) is 3.83. The molecule has 0 bridgehead atoms. The molecule has 0 unspecified atom stereocenters. The molecule has 0 fully saturated rings. The number of ether oxygens (including phenoxy) is 1. The molecule has 0 saturated carbocycles. The van der Waals surface area contributed by atoms with Crippen molar-refractivity contribution < 1.29 is 4.74 Å². The molecular formula is C15H13ClN2O. The lowest BCUT2D eigenvalue weighted by atomic mass is 10.1. The average Bonchev–Trinajstić information content (AvgIpc) is 2.44. The van der Waals surface area contributed by atoms with E-state index >= 15 is 0 Å². The zero-order chi connectivity index (χ0) is 13.7. The standard InChI is InChI=1S/C15H13ClN2O/c1-19-14-7-3-5-12(9-17)15(14)18-10-11-4-2-6-13(16)8-11/h2-8,18H,10H2,1H3. The van der Waals surface area contributed by atoms with Gasteiger partial charge in [0.25, 0.3) is 0 Å². The maximum atomic E-state index is 9.11. The molecule has 0 aliphatic rings. The molecular weight excluding hydrogens is 260 g/mol. The summed E-state index contributed by atoms with van der Waals surface area (Å²) in [5, 5.41) is 13.0. The number of benzene rings is 2. The van der Waals surface area contributed by atoms with Crippen molar-refractivity contribution in [3.05, 3.63) is 58.6 Å². The molecule has 19 heavy (non-hydrogen) atoms. The van der Waals surface area contributed by atoms with Crippen LogP contribution in [0.4, 0.5) is 5.69 Å². The maximum Gasteiger partial charge on any atom is 0.143 e. The van der Waals surface area contributed by atoms with E-state index in [0.29, 0.717) is 28.6 Å². The fraction of sp³-hybridized carbons (Fsp3) is 0.133. The van der Waals surface area contributed by atoms with E-state index in [2.05, 4.69) is 11.4 Å². The van der Waals surface area contributed by atoms with Crippen molar-refractivity contribution >= 4 is 17.3 Å². The van der Waals surface area contributed by atoms with Crippen molar-refractivity contribution in [2.45, 2.75) is 6.54 Å². The van der Waals surface area contributed by atoms with Gasteiger partial charge in [0.15, 0.2) is 0 Å². The molecule has 0 aromatic heterocycles. The number of methoxy groups -OCH3 is 1. The average molecular weight is 273 g/mol. The van der Waals surface area contributed by atoms with Crippen LogP contribution in [0.25, 0.3) is 0 Å². The summed E-state index contributed by atoms with van der Waals surface area (Å²) in [4.78, 5) is 0. The Labute approximate surface area is 117 Å². The lowest BCUT2D eigenvalue weighted by Gasteiger charge is -2.12. The first-order valence-electron chi connectivity index (χ1n) is 5.80. The van der Waals surface area contributed by atoms with E-state index < -0.39 is 0 Å². The van der Waals surface area contributed by atoms with Crippen molar-refractivity contribution in [2.24, 2.45) is 0 Å². The molecule has 3 nitrogen and oxygen atoms in total. The smallest absolute Gasteiger partial charge is 0.143 e. The summed E-state index contributed by atoms with van der Waals surface area (Å²) in [5.41, 5.74) is 2.30. The van der Waals surface area contributed by atoms with Gasteiger partial charge in [-0.2, -0.15) is 5.26 Å². The molecule has 0 saturated heterocycles. The third-order valence-electron chi connectivity index (χ3n) is 2.72. The van der Waals surface area contributed by atoms with Gasteiger partial charge in [0.05, 0.1) is 18.4 Å². The lowest BCUT2D eigenvalue weighted by Crippen LogP contribution is -2.03. The zero-order valence-electron chi connectivity index (χ0n) is 10.5. The molecule has 0 aliphatic carbocycles. The van der Waals surface area contributed by atoms with E-state index in [1.54, 1.807) is 19.2 Å². The molecule has 0 amide bonds. The number of hydrogen-bond acceptors (Lipinski definition) is 3. The monoisotopic (exact) mass is 272 g/mol. The van der Waals surface area contributed by atoms with E-state index in [4.69, 9.17) is 21.6 Å². The Kier molecular flexibility index (Phi) is 4.27. The van der Waals surface area contributed by atoms with E-state index in [9.17, 15) is 0 Å². The normalized spacial score (nSPS) is 9.74. The van der Waals surface area contributed by atoms with Gasteiger partial charge < -0.3 is 10.1 Å². The van der Waals surface area contributed by atoms with Crippen LogP contribution in [0.2, 0.25) is 5.02 Å². The van der Waals surface area contributed by atoms with Gasteiger partial charge in [-0.1, -0.05) is 29.8 Å². The minimum absolute atomic E-state index is 0.557. The van der Waals surface area contributed by atoms with Crippen molar-refractivity contribution in [1.82, 2.24) is 0 Å². The first-order valence-corrected chi connectivity index (χ1v) is 6.18. The van der Waals surface area contributed by atoms with Gasteiger partial charge >= 0.3 is 0 Å². The van der Waals surface area contributed by atoms with Gasteiger partial charge in [0.2, 0.25) is 0 Å². The summed E-state index contributed by atoms with van der Waals surface area (Å²) in [6.45, 7) is 0.579. The Balaban J connectivity index is 2.22. The topological polar surface area (TPSA) is 45.0 Å². The van der Waals surface area contributed by atoms with Crippen LogP contribution in [0.1, 0.15) is 11.1 Å².